The van der Waals surface area contributed by atoms with Crippen LogP contribution in [0.25, 0.3) is 0 Å². The van der Waals surface area contributed by atoms with E-state index in [1.54, 1.807) is 7.05 Å². The third-order valence-corrected chi connectivity index (χ3v) is 2.69. The number of carbonyl (C=O) groups is 1. The van der Waals surface area contributed by atoms with Gasteiger partial charge >= 0.3 is 0 Å². The van der Waals surface area contributed by atoms with Crippen LogP contribution in [0.1, 0.15) is 20.3 Å². The van der Waals surface area contributed by atoms with Gasteiger partial charge in [0.1, 0.15) is 0 Å². The summed E-state index contributed by atoms with van der Waals surface area (Å²) in [4.78, 5) is 15.8. The fraction of sp³-hybridized carbons (Fsp3) is 0.429. The Morgan fingerprint density at radius 2 is 1.95 bits per heavy atom. The first-order chi connectivity index (χ1) is 9.15. The average Bonchev–Trinajstić information content (AvgIpc) is 2.44. The molecule has 0 saturated heterocycles. The summed E-state index contributed by atoms with van der Waals surface area (Å²) in [6.07, 6.45) is 0.997. The van der Waals surface area contributed by atoms with Crippen LogP contribution in [0.5, 0.6) is 0 Å². The van der Waals surface area contributed by atoms with Gasteiger partial charge in [0.25, 0.3) is 0 Å². The molecule has 0 aliphatic rings. The number of hydrogen-bond acceptors (Lipinski definition) is 2. The number of amides is 1. The number of carbonyl (C=O) groups excluding carboxylic acids is 1. The Kier molecular flexibility index (Phi) is 9.79. The van der Waals surface area contributed by atoms with Crippen LogP contribution in [0.2, 0.25) is 0 Å². The van der Waals surface area contributed by atoms with Crippen LogP contribution in [-0.4, -0.2) is 31.5 Å². The largest absolute Gasteiger partial charge is 0.354 e. The van der Waals surface area contributed by atoms with Gasteiger partial charge in [-0.25, -0.2) is 0 Å². The van der Waals surface area contributed by atoms with E-state index in [9.17, 15) is 4.79 Å². The first-order valence-corrected chi connectivity index (χ1v) is 6.47. The molecule has 1 unspecified atom stereocenters. The van der Waals surface area contributed by atoms with Crippen molar-refractivity contribution >= 4 is 41.5 Å². The molecule has 1 aromatic carbocycles. The lowest BCUT2D eigenvalue weighted by molar-refractivity contribution is -0.115. The predicted molar refractivity (Wildman–Crippen MR) is 94.7 cm³/mol. The molecule has 0 saturated carbocycles. The number of benzene rings is 1. The standard InChI is InChI=1S/C14H22N4O.HI/c1-4-11(2)17-14(15-3)16-10-13(19)18-12-8-6-5-7-9-12;/h5-9,11H,4,10H2,1-3H3,(H,18,19)(H2,15,16,17);1H. The molecule has 0 aliphatic heterocycles. The molecule has 0 aliphatic carbocycles. The van der Waals surface area contributed by atoms with Gasteiger partial charge in [-0.05, 0) is 25.5 Å². The first kappa shape index (κ1) is 18.7. The fourth-order valence-corrected chi connectivity index (χ4v) is 1.42. The van der Waals surface area contributed by atoms with Crippen LogP contribution in [0.4, 0.5) is 5.69 Å². The van der Waals surface area contributed by atoms with E-state index >= 15 is 0 Å². The molecule has 0 spiro atoms. The second-order valence-electron chi connectivity index (χ2n) is 4.29. The number of nitrogens with zero attached hydrogens (tertiary/aromatic N) is 1. The van der Waals surface area contributed by atoms with Crippen molar-refractivity contribution in [2.45, 2.75) is 26.3 Å². The highest BCUT2D eigenvalue weighted by molar-refractivity contribution is 14.0. The van der Waals surface area contributed by atoms with Crippen molar-refractivity contribution in [3.8, 4) is 0 Å². The van der Waals surface area contributed by atoms with E-state index < -0.39 is 0 Å². The van der Waals surface area contributed by atoms with E-state index in [2.05, 4.69) is 34.8 Å². The molecule has 3 N–H and O–H groups in total. The number of halogens is 1. The Bertz CT molecular complexity index is 422. The lowest BCUT2D eigenvalue weighted by Gasteiger charge is -2.16. The molecule has 0 aromatic heterocycles. The Hall–Kier alpha value is -1.31. The Balaban J connectivity index is 0.00000361. The van der Waals surface area contributed by atoms with Crippen molar-refractivity contribution in [1.29, 1.82) is 0 Å². The summed E-state index contributed by atoms with van der Waals surface area (Å²) in [5.41, 5.74) is 0.791. The van der Waals surface area contributed by atoms with Crippen molar-refractivity contribution in [2.75, 3.05) is 18.9 Å². The van der Waals surface area contributed by atoms with Gasteiger partial charge in [0, 0.05) is 18.8 Å². The predicted octanol–water partition coefficient (Wildman–Crippen LogP) is 2.21. The monoisotopic (exact) mass is 390 g/mol. The summed E-state index contributed by atoms with van der Waals surface area (Å²) in [5, 5.41) is 8.98. The van der Waals surface area contributed by atoms with Crippen LogP contribution in [0.3, 0.4) is 0 Å². The minimum absolute atomic E-state index is 0. The molecule has 0 fully saturated rings. The van der Waals surface area contributed by atoms with Gasteiger partial charge in [-0.1, -0.05) is 25.1 Å². The van der Waals surface area contributed by atoms with E-state index in [0.29, 0.717) is 12.0 Å². The molecule has 0 heterocycles. The van der Waals surface area contributed by atoms with Crippen molar-refractivity contribution in [3.63, 3.8) is 0 Å². The molecule has 0 radical (unpaired) electrons. The van der Waals surface area contributed by atoms with Gasteiger partial charge in [-0.2, -0.15) is 0 Å². The zero-order valence-electron chi connectivity index (χ0n) is 12.1. The van der Waals surface area contributed by atoms with Crippen LogP contribution in [0.15, 0.2) is 35.3 Å². The van der Waals surface area contributed by atoms with Crippen molar-refractivity contribution in [2.24, 2.45) is 4.99 Å². The van der Waals surface area contributed by atoms with Crippen LogP contribution >= 0.6 is 24.0 Å². The molecule has 0 bridgehead atoms. The van der Waals surface area contributed by atoms with Gasteiger partial charge in [-0.15, -0.1) is 24.0 Å². The third-order valence-electron chi connectivity index (χ3n) is 2.69. The van der Waals surface area contributed by atoms with Gasteiger partial charge in [0.15, 0.2) is 5.96 Å². The quantitative estimate of drug-likeness (QED) is 0.410. The molecular formula is C14H23IN4O. The SMILES string of the molecule is CCC(C)NC(=NC)NCC(=O)Nc1ccccc1.I. The minimum Gasteiger partial charge on any atom is -0.354 e. The first-order valence-electron chi connectivity index (χ1n) is 6.47. The maximum absolute atomic E-state index is 11.7. The molecule has 112 valence electrons. The summed E-state index contributed by atoms with van der Waals surface area (Å²) in [7, 11) is 1.69. The van der Waals surface area contributed by atoms with Crippen molar-refractivity contribution < 1.29 is 4.79 Å². The maximum Gasteiger partial charge on any atom is 0.243 e. The van der Waals surface area contributed by atoms with Gasteiger partial charge < -0.3 is 16.0 Å². The van der Waals surface area contributed by atoms with E-state index in [-0.39, 0.29) is 36.4 Å². The molecule has 20 heavy (non-hydrogen) atoms. The number of hydrogen-bond donors (Lipinski definition) is 3. The molecule has 6 heteroatoms. The molecule has 1 atom stereocenters. The topological polar surface area (TPSA) is 65.5 Å². The summed E-state index contributed by atoms with van der Waals surface area (Å²) in [6.45, 7) is 4.34. The van der Waals surface area contributed by atoms with Gasteiger partial charge in [0.05, 0.1) is 6.54 Å². The lowest BCUT2D eigenvalue weighted by atomic mass is 10.3. The number of guanidine groups is 1. The van der Waals surface area contributed by atoms with Crippen LogP contribution < -0.4 is 16.0 Å². The smallest absolute Gasteiger partial charge is 0.243 e. The Morgan fingerprint density at radius 3 is 2.50 bits per heavy atom. The molecule has 1 rings (SSSR count). The van der Waals surface area contributed by atoms with Crippen LogP contribution in [-0.2, 0) is 4.79 Å². The number of nitrogens with one attached hydrogen (secondary N) is 3. The second kappa shape index (κ2) is 10.5. The highest BCUT2D eigenvalue weighted by atomic mass is 127. The molecule has 1 amide bonds. The van der Waals surface area contributed by atoms with E-state index in [1.807, 2.05) is 30.3 Å². The zero-order valence-corrected chi connectivity index (χ0v) is 14.5. The Labute approximate surface area is 137 Å². The zero-order chi connectivity index (χ0) is 14.1. The van der Waals surface area contributed by atoms with E-state index in [4.69, 9.17) is 0 Å². The summed E-state index contributed by atoms with van der Waals surface area (Å²) in [5.74, 6) is 0.538. The van der Waals surface area contributed by atoms with Crippen LogP contribution in [0, 0.1) is 0 Å². The second-order valence-corrected chi connectivity index (χ2v) is 4.29. The minimum atomic E-state index is -0.0988. The van der Waals surface area contributed by atoms with E-state index in [0.717, 1.165) is 12.1 Å². The molecule has 1 aromatic rings. The van der Waals surface area contributed by atoms with Crippen molar-refractivity contribution in [1.82, 2.24) is 10.6 Å². The normalized spacial score (nSPS) is 12.1. The van der Waals surface area contributed by atoms with Gasteiger partial charge in [-0.3, -0.25) is 9.79 Å². The summed E-state index contributed by atoms with van der Waals surface area (Å²) in [6, 6.07) is 9.70. The van der Waals surface area contributed by atoms with Gasteiger partial charge in [0.2, 0.25) is 5.91 Å². The molecule has 5 nitrogen and oxygen atoms in total. The summed E-state index contributed by atoms with van der Waals surface area (Å²) >= 11 is 0. The number of para-hydroxylation sites is 1. The maximum atomic E-state index is 11.7. The molecular weight excluding hydrogens is 367 g/mol. The van der Waals surface area contributed by atoms with Crippen molar-refractivity contribution in [3.05, 3.63) is 30.3 Å². The summed E-state index contributed by atoms with van der Waals surface area (Å²) < 4.78 is 0. The lowest BCUT2D eigenvalue weighted by Crippen LogP contribution is -2.44. The highest BCUT2D eigenvalue weighted by Crippen LogP contribution is 2.03. The fourth-order valence-electron chi connectivity index (χ4n) is 1.42. The highest BCUT2D eigenvalue weighted by Gasteiger charge is 2.05. The third kappa shape index (κ3) is 7.32. The average molecular weight is 390 g/mol. The number of aliphatic imine (C=N–C) groups is 1. The number of rotatable bonds is 5. The Morgan fingerprint density at radius 1 is 1.30 bits per heavy atom. The number of anilines is 1. The van der Waals surface area contributed by atoms with E-state index in [1.165, 1.54) is 0 Å².